The van der Waals surface area contributed by atoms with Gasteiger partial charge in [-0.05, 0) is 53.6 Å². The number of fused-ring (bicyclic) bond motifs is 1. The van der Waals surface area contributed by atoms with Gasteiger partial charge in [-0.1, -0.05) is 29.8 Å². The van der Waals surface area contributed by atoms with Crippen molar-refractivity contribution in [2.24, 2.45) is 5.73 Å². The minimum atomic E-state index is -3.84. The largest absolute Gasteiger partial charge is 0.487 e. The van der Waals surface area contributed by atoms with Crippen LogP contribution >= 0.6 is 11.6 Å². The normalized spacial score (nSPS) is 11.8. The highest BCUT2D eigenvalue weighted by Crippen LogP contribution is 2.32. The first kappa shape index (κ1) is 25.9. The summed E-state index contributed by atoms with van der Waals surface area (Å²) >= 11 is 6.39. The molecule has 4 rings (SSSR count). The standard InChI is InChI=1S/C25H20ClFN4O5S/c1-37(33,34)36-13-20(24(28)32)16-5-7-22-19(10-16)25(30-14-29-22)31-18-6-8-23(21(26)11-18)35-12-15-3-2-4-17(27)9-15/h2-11,13-14H,12H2,1H3,(H2,28,32)(H,29,30,31)/b20-13-. The molecule has 0 saturated heterocycles. The molecular formula is C25H20ClFN4O5S. The molecule has 1 aromatic heterocycles. The Kier molecular flexibility index (Phi) is 7.55. The maximum absolute atomic E-state index is 13.4. The van der Waals surface area contributed by atoms with Crippen LogP contribution in [0.1, 0.15) is 11.1 Å². The average molecular weight is 543 g/mol. The predicted octanol–water partition coefficient (Wildman–Crippen LogP) is 4.55. The van der Waals surface area contributed by atoms with Crippen LogP contribution in [0.25, 0.3) is 16.5 Å². The Hall–Kier alpha value is -4.22. The highest BCUT2D eigenvalue weighted by atomic mass is 35.5. The summed E-state index contributed by atoms with van der Waals surface area (Å²) in [5.74, 6) is -0.430. The van der Waals surface area contributed by atoms with Gasteiger partial charge in [-0.15, -0.1) is 0 Å². The molecule has 0 aliphatic carbocycles. The van der Waals surface area contributed by atoms with E-state index in [0.29, 0.717) is 44.3 Å². The predicted molar refractivity (Wildman–Crippen MR) is 138 cm³/mol. The van der Waals surface area contributed by atoms with Gasteiger partial charge in [0.1, 0.15) is 36.6 Å². The van der Waals surface area contributed by atoms with Crippen molar-refractivity contribution in [1.82, 2.24) is 9.97 Å². The number of aromatic nitrogens is 2. The molecule has 3 N–H and O–H groups in total. The average Bonchev–Trinajstić information content (AvgIpc) is 2.83. The number of nitrogens with two attached hydrogens (primary N) is 1. The molecule has 0 bridgehead atoms. The molecule has 9 nitrogen and oxygen atoms in total. The second-order valence-electron chi connectivity index (χ2n) is 7.84. The number of benzene rings is 3. The fraction of sp³-hybridized carbons (Fsp3) is 0.0800. The summed E-state index contributed by atoms with van der Waals surface area (Å²) in [6, 6.07) is 15.9. The Balaban J connectivity index is 1.59. The highest BCUT2D eigenvalue weighted by molar-refractivity contribution is 7.86. The minimum Gasteiger partial charge on any atom is -0.487 e. The molecule has 0 aliphatic rings. The van der Waals surface area contributed by atoms with E-state index in [9.17, 15) is 17.6 Å². The molecular weight excluding hydrogens is 523 g/mol. The topological polar surface area (TPSA) is 134 Å². The lowest BCUT2D eigenvalue weighted by Crippen LogP contribution is -2.14. The van der Waals surface area contributed by atoms with E-state index in [1.807, 2.05) is 0 Å². The zero-order chi connectivity index (χ0) is 26.6. The van der Waals surface area contributed by atoms with E-state index in [0.717, 1.165) is 12.5 Å². The van der Waals surface area contributed by atoms with Crippen LogP contribution in [0.5, 0.6) is 5.75 Å². The van der Waals surface area contributed by atoms with Gasteiger partial charge in [0.05, 0.1) is 22.4 Å². The number of rotatable bonds is 9. The van der Waals surface area contributed by atoms with Crippen molar-refractivity contribution in [2.45, 2.75) is 6.61 Å². The summed E-state index contributed by atoms with van der Waals surface area (Å²) < 4.78 is 46.4. The molecule has 0 atom stereocenters. The first-order valence-corrected chi connectivity index (χ1v) is 12.9. The molecule has 4 aromatic rings. The second-order valence-corrected chi connectivity index (χ2v) is 9.85. The monoisotopic (exact) mass is 542 g/mol. The lowest BCUT2D eigenvalue weighted by molar-refractivity contribution is -0.112. The van der Waals surface area contributed by atoms with Crippen molar-refractivity contribution >= 4 is 55.6 Å². The number of anilines is 2. The molecule has 3 aromatic carbocycles. The molecule has 0 aliphatic heterocycles. The van der Waals surface area contributed by atoms with E-state index < -0.39 is 16.0 Å². The number of nitrogens with zero attached hydrogens (tertiary/aromatic N) is 2. The summed E-state index contributed by atoms with van der Waals surface area (Å²) in [7, 11) is -3.84. The van der Waals surface area contributed by atoms with Crippen molar-refractivity contribution in [3.63, 3.8) is 0 Å². The number of hydrogen-bond acceptors (Lipinski definition) is 8. The van der Waals surface area contributed by atoms with Crippen LogP contribution in [0.3, 0.4) is 0 Å². The molecule has 1 heterocycles. The Morgan fingerprint density at radius 3 is 2.65 bits per heavy atom. The number of hydrogen-bond donors (Lipinski definition) is 2. The molecule has 0 unspecified atom stereocenters. The van der Waals surface area contributed by atoms with Crippen molar-refractivity contribution in [2.75, 3.05) is 11.6 Å². The van der Waals surface area contributed by atoms with Crippen LogP contribution in [0.4, 0.5) is 15.9 Å². The molecule has 0 fully saturated rings. The van der Waals surface area contributed by atoms with Crippen LogP contribution < -0.4 is 15.8 Å². The van der Waals surface area contributed by atoms with E-state index >= 15 is 0 Å². The SMILES string of the molecule is CS(=O)(=O)O/C=C(\C(N)=O)c1ccc2ncnc(Nc3ccc(OCc4cccc(F)c4)c(Cl)c3)c2c1. The van der Waals surface area contributed by atoms with E-state index in [1.54, 1.807) is 48.5 Å². The third-order valence-corrected chi connectivity index (χ3v) is 5.77. The van der Waals surface area contributed by atoms with Gasteiger partial charge in [-0.25, -0.2) is 14.4 Å². The zero-order valence-corrected chi connectivity index (χ0v) is 20.9. The first-order chi connectivity index (χ1) is 17.6. The molecule has 0 saturated carbocycles. The summed E-state index contributed by atoms with van der Waals surface area (Å²) in [4.78, 5) is 20.4. The Labute approximate surface area is 216 Å². The minimum absolute atomic E-state index is 0.141. The number of amides is 1. The van der Waals surface area contributed by atoms with E-state index in [2.05, 4.69) is 19.5 Å². The smallest absolute Gasteiger partial charge is 0.305 e. The van der Waals surface area contributed by atoms with Gasteiger partial charge in [-0.2, -0.15) is 8.42 Å². The maximum Gasteiger partial charge on any atom is 0.305 e. The summed E-state index contributed by atoms with van der Waals surface area (Å²) in [6.45, 7) is 0.141. The summed E-state index contributed by atoms with van der Waals surface area (Å²) in [5, 5.41) is 3.98. The fourth-order valence-electron chi connectivity index (χ4n) is 3.35. The number of carbonyl (C=O) groups excluding carboxylic acids is 1. The van der Waals surface area contributed by atoms with Crippen molar-refractivity contribution in [1.29, 1.82) is 0 Å². The molecule has 1 amide bonds. The van der Waals surface area contributed by atoms with E-state index in [-0.39, 0.29) is 18.0 Å². The molecule has 12 heteroatoms. The van der Waals surface area contributed by atoms with Gasteiger partial charge in [0.25, 0.3) is 5.91 Å². The summed E-state index contributed by atoms with van der Waals surface area (Å²) in [5.41, 5.74) is 7.38. The van der Waals surface area contributed by atoms with Crippen LogP contribution in [-0.2, 0) is 25.7 Å². The lowest BCUT2D eigenvalue weighted by Gasteiger charge is -2.13. The van der Waals surface area contributed by atoms with Crippen LogP contribution in [0.2, 0.25) is 5.02 Å². The van der Waals surface area contributed by atoms with Crippen LogP contribution in [0, 0.1) is 5.82 Å². The summed E-state index contributed by atoms with van der Waals surface area (Å²) in [6.07, 6.45) is 3.00. The maximum atomic E-state index is 13.4. The van der Waals surface area contributed by atoms with Crippen LogP contribution in [-0.4, -0.2) is 30.5 Å². The molecule has 0 radical (unpaired) electrons. The van der Waals surface area contributed by atoms with Gasteiger partial charge >= 0.3 is 10.1 Å². The molecule has 0 spiro atoms. The highest BCUT2D eigenvalue weighted by Gasteiger charge is 2.14. The van der Waals surface area contributed by atoms with Gasteiger partial charge in [0.2, 0.25) is 0 Å². The van der Waals surface area contributed by atoms with Crippen molar-refractivity contribution in [3.8, 4) is 5.75 Å². The Morgan fingerprint density at radius 1 is 1.14 bits per heavy atom. The van der Waals surface area contributed by atoms with E-state index in [4.69, 9.17) is 22.1 Å². The van der Waals surface area contributed by atoms with Crippen molar-refractivity contribution in [3.05, 3.63) is 95.2 Å². The van der Waals surface area contributed by atoms with Crippen molar-refractivity contribution < 1.29 is 26.5 Å². The number of halogens is 2. The Morgan fingerprint density at radius 2 is 1.95 bits per heavy atom. The first-order valence-electron chi connectivity index (χ1n) is 10.7. The number of carbonyl (C=O) groups is 1. The number of nitrogens with one attached hydrogen (secondary N) is 1. The third kappa shape index (κ3) is 6.72. The fourth-order valence-corrected chi connectivity index (χ4v) is 3.85. The van der Waals surface area contributed by atoms with E-state index in [1.165, 1.54) is 18.5 Å². The second kappa shape index (κ2) is 10.8. The number of ether oxygens (including phenoxy) is 1. The van der Waals surface area contributed by atoms with Gasteiger partial charge in [0, 0.05) is 11.1 Å². The molecule has 37 heavy (non-hydrogen) atoms. The number of primary amides is 1. The third-order valence-electron chi connectivity index (χ3n) is 5.03. The Bertz CT molecular complexity index is 1630. The van der Waals surface area contributed by atoms with Gasteiger partial charge in [0.15, 0.2) is 0 Å². The zero-order valence-electron chi connectivity index (χ0n) is 19.3. The van der Waals surface area contributed by atoms with Crippen LogP contribution in [0.15, 0.2) is 73.3 Å². The van der Waals surface area contributed by atoms with Gasteiger partial charge < -0.3 is 20.0 Å². The lowest BCUT2D eigenvalue weighted by atomic mass is 10.0. The van der Waals surface area contributed by atoms with Gasteiger partial charge in [-0.3, -0.25) is 4.79 Å². The molecule has 190 valence electrons. The quantitative estimate of drug-likeness (QED) is 0.179.